The highest BCUT2D eigenvalue weighted by Gasteiger charge is 2.20. The smallest absolute Gasteiger partial charge is 0.305 e. The predicted octanol–water partition coefficient (Wildman–Crippen LogP) is 19.2. The molecule has 0 aromatic heterocycles. The van der Waals surface area contributed by atoms with E-state index in [-0.39, 0.29) is 18.5 Å². The summed E-state index contributed by atoms with van der Waals surface area (Å²) in [6.45, 7) is 4.97. The largest absolute Gasteiger partial charge is 0.466 e. The monoisotopic (exact) mass is 960 g/mol. The predicted molar refractivity (Wildman–Crippen MR) is 297 cm³/mol. The number of ether oxygens (including phenoxy) is 1. The van der Waals surface area contributed by atoms with Crippen LogP contribution in [0, 0.1) is 0 Å². The average molecular weight is 961 g/mol. The van der Waals surface area contributed by atoms with Crippen LogP contribution in [-0.4, -0.2) is 47.4 Å². The van der Waals surface area contributed by atoms with Gasteiger partial charge in [-0.15, -0.1) is 0 Å². The minimum absolute atomic E-state index is 0.0137. The number of carbonyl (C=O) groups excluding carboxylic acids is 2. The molecule has 0 aromatic rings. The normalized spacial score (nSPS) is 12.6. The maximum atomic E-state index is 12.5. The number of aliphatic hydroxyl groups excluding tert-OH is 2. The van der Waals surface area contributed by atoms with Crippen LogP contribution in [0.3, 0.4) is 0 Å². The van der Waals surface area contributed by atoms with Crippen molar-refractivity contribution in [2.24, 2.45) is 0 Å². The Labute approximate surface area is 425 Å². The van der Waals surface area contributed by atoms with E-state index in [9.17, 15) is 19.8 Å². The molecule has 0 aliphatic heterocycles. The Bertz CT molecular complexity index is 1020. The molecular formula is C62H121NO5. The molecule has 2 unspecified atom stereocenters. The summed E-state index contributed by atoms with van der Waals surface area (Å²) < 4.78 is 5.47. The lowest BCUT2D eigenvalue weighted by molar-refractivity contribution is -0.143. The minimum Gasteiger partial charge on any atom is -0.466 e. The van der Waals surface area contributed by atoms with Gasteiger partial charge in [-0.1, -0.05) is 296 Å². The Kier molecular flexibility index (Phi) is 57.0. The van der Waals surface area contributed by atoms with Crippen LogP contribution in [-0.2, 0) is 14.3 Å². The van der Waals surface area contributed by atoms with Crippen LogP contribution in [0.2, 0.25) is 0 Å². The number of hydrogen-bond donors (Lipinski definition) is 3. The highest BCUT2D eigenvalue weighted by Crippen LogP contribution is 2.18. The van der Waals surface area contributed by atoms with E-state index in [2.05, 4.69) is 31.3 Å². The lowest BCUT2D eigenvalue weighted by Crippen LogP contribution is -2.45. The third kappa shape index (κ3) is 53.9. The van der Waals surface area contributed by atoms with E-state index in [1.165, 1.54) is 276 Å². The molecule has 0 rings (SSSR count). The SMILES string of the molecule is CCCCCCCCCCCCCCCCCC(O)C(CO)NC(=O)CCCCCCCCCCC/C=C\CCCCCCCCCCCCCCOC(=O)CCCCCCCCCCCCC. The molecule has 0 spiro atoms. The Morgan fingerprint density at radius 1 is 0.397 bits per heavy atom. The lowest BCUT2D eigenvalue weighted by Gasteiger charge is -2.22. The molecule has 1 amide bonds. The fourth-order valence-corrected chi connectivity index (χ4v) is 9.81. The summed E-state index contributed by atoms with van der Waals surface area (Å²) in [5.41, 5.74) is 0. The number of amides is 1. The van der Waals surface area contributed by atoms with E-state index in [1.54, 1.807) is 0 Å². The number of nitrogens with one attached hydrogen (secondary N) is 1. The Hall–Kier alpha value is -1.40. The third-order valence-corrected chi connectivity index (χ3v) is 14.6. The fourth-order valence-electron chi connectivity index (χ4n) is 9.81. The molecule has 0 aliphatic carbocycles. The van der Waals surface area contributed by atoms with Crippen molar-refractivity contribution in [2.45, 2.75) is 360 Å². The van der Waals surface area contributed by atoms with Crippen LogP contribution in [0.1, 0.15) is 348 Å². The van der Waals surface area contributed by atoms with Crippen molar-refractivity contribution < 1.29 is 24.5 Å². The van der Waals surface area contributed by atoms with Gasteiger partial charge in [-0.2, -0.15) is 0 Å². The molecule has 3 N–H and O–H groups in total. The van der Waals surface area contributed by atoms with Gasteiger partial charge in [0, 0.05) is 12.8 Å². The summed E-state index contributed by atoms with van der Waals surface area (Å²) in [4.78, 5) is 24.5. The molecule has 0 bridgehead atoms. The molecule has 0 saturated carbocycles. The van der Waals surface area contributed by atoms with Crippen LogP contribution >= 0.6 is 0 Å². The minimum atomic E-state index is -0.665. The molecule has 404 valence electrons. The van der Waals surface area contributed by atoms with Crippen molar-refractivity contribution in [2.75, 3.05) is 13.2 Å². The van der Waals surface area contributed by atoms with Crippen molar-refractivity contribution in [1.82, 2.24) is 5.32 Å². The summed E-state index contributed by atoms with van der Waals surface area (Å²) in [5.74, 6) is -0.0219. The molecule has 0 heterocycles. The summed E-state index contributed by atoms with van der Waals surface area (Å²) >= 11 is 0. The number of rotatable bonds is 58. The van der Waals surface area contributed by atoms with Crippen molar-refractivity contribution in [3.8, 4) is 0 Å². The van der Waals surface area contributed by atoms with Crippen molar-refractivity contribution in [1.29, 1.82) is 0 Å². The van der Waals surface area contributed by atoms with Gasteiger partial charge < -0.3 is 20.3 Å². The van der Waals surface area contributed by atoms with Crippen LogP contribution in [0.25, 0.3) is 0 Å². The van der Waals surface area contributed by atoms with Crippen molar-refractivity contribution in [3.05, 3.63) is 12.2 Å². The number of unbranched alkanes of at least 4 members (excludes halogenated alkanes) is 45. The van der Waals surface area contributed by atoms with E-state index in [0.29, 0.717) is 25.9 Å². The van der Waals surface area contributed by atoms with Crippen molar-refractivity contribution >= 4 is 11.9 Å². The molecule has 0 fully saturated rings. The zero-order chi connectivity index (χ0) is 49.3. The average Bonchev–Trinajstić information content (AvgIpc) is 3.34. The number of hydrogen-bond acceptors (Lipinski definition) is 5. The first kappa shape index (κ1) is 66.6. The molecule has 6 nitrogen and oxygen atoms in total. The molecule has 0 saturated heterocycles. The van der Waals surface area contributed by atoms with Gasteiger partial charge in [-0.25, -0.2) is 0 Å². The second-order valence-electron chi connectivity index (χ2n) is 21.4. The number of carbonyl (C=O) groups is 2. The first-order valence-corrected chi connectivity index (χ1v) is 30.9. The van der Waals surface area contributed by atoms with Crippen LogP contribution in [0.5, 0.6) is 0 Å². The van der Waals surface area contributed by atoms with Gasteiger partial charge in [0.2, 0.25) is 5.91 Å². The van der Waals surface area contributed by atoms with Crippen molar-refractivity contribution in [3.63, 3.8) is 0 Å². The van der Waals surface area contributed by atoms with E-state index < -0.39 is 12.1 Å². The van der Waals surface area contributed by atoms with E-state index in [4.69, 9.17) is 4.74 Å². The van der Waals surface area contributed by atoms with E-state index >= 15 is 0 Å². The van der Waals surface area contributed by atoms with E-state index in [1.807, 2.05) is 0 Å². The first-order chi connectivity index (χ1) is 33.5. The quantitative estimate of drug-likeness (QED) is 0.0321. The standard InChI is InChI=1S/C62H121NO5/c1-3-5-7-9-11-13-15-16-28-31-35-38-42-46-50-54-60(65)59(58-64)63-61(66)55-51-47-43-39-36-32-29-26-24-22-20-18-17-19-21-23-25-27-30-33-37-41-45-49-53-57-68-62(67)56-52-48-44-40-34-14-12-10-8-6-4-2/h18,20,59-60,64-65H,3-17,19,21-58H2,1-2H3,(H,63,66)/b20-18-. The van der Waals surface area contributed by atoms with Gasteiger partial charge in [-0.05, 0) is 51.4 Å². The second kappa shape index (κ2) is 58.2. The number of aliphatic hydroxyl groups is 2. The number of allylic oxidation sites excluding steroid dienone is 2. The van der Waals surface area contributed by atoms with Crippen LogP contribution < -0.4 is 5.32 Å². The molecule has 0 radical (unpaired) electrons. The zero-order valence-electron chi connectivity index (χ0n) is 46.1. The summed E-state index contributed by atoms with van der Waals surface area (Å²) in [6.07, 6.45) is 69.4. The van der Waals surface area contributed by atoms with Gasteiger partial charge in [0.25, 0.3) is 0 Å². The Balaban J connectivity index is 3.39. The number of esters is 1. The maximum absolute atomic E-state index is 12.5. The van der Waals surface area contributed by atoms with Gasteiger partial charge in [-0.3, -0.25) is 9.59 Å². The molecule has 2 atom stereocenters. The van der Waals surface area contributed by atoms with E-state index in [0.717, 1.165) is 38.5 Å². The van der Waals surface area contributed by atoms with Crippen LogP contribution in [0.4, 0.5) is 0 Å². The summed E-state index contributed by atoms with van der Waals surface area (Å²) in [7, 11) is 0. The zero-order valence-corrected chi connectivity index (χ0v) is 46.1. The topological polar surface area (TPSA) is 95.9 Å². The lowest BCUT2D eigenvalue weighted by atomic mass is 10.0. The Morgan fingerprint density at radius 3 is 1.04 bits per heavy atom. The molecule has 6 heteroatoms. The third-order valence-electron chi connectivity index (χ3n) is 14.6. The second-order valence-corrected chi connectivity index (χ2v) is 21.4. The molecule has 68 heavy (non-hydrogen) atoms. The molecule has 0 aliphatic rings. The van der Waals surface area contributed by atoms with Gasteiger partial charge >= 0.3 is 5.97 Å². The van der Waals surface area contributed by atoms with Crippen LogP contribution in [0.15, 0.2) is 12.2 Å². The molecular weight excluding hydrogens is 839 g/mol. The molecule has 0 aromatic carbocycles. The Morgan fingerprint density at radius 2 is 0.691 bits per heavy atom. The highest BCUT2D eigenvalue weighted by atomic mass is 16.5. The van der Waals surface area contributed by atoms with Gasteiger partial charge in [0.05, 0.1) is 25.4 Å². The highest BCUT2D eigenvalue weighted by molar-refractivity contribution is 5.76. The summed E-state index contributed by atoms with van der Waals surface area (Å²) in [6, 6.07) is -0.542. The first-order valence-electron chi connectivity index (χ1n) is 30.9. The fraction of sp³-hybridized carbons (Fsp3) is 0.935. The summed E-state index contributed by atoms with van der Waals surface area (Å²) in [5, 5.41) is 23.3. The van der Waals surface area contributed by atoms with Gasteiger partial charge in [0.15, 0.2) is 0 Å². The van der Waals surface area contributed by atoms with Gasteiger partial charge in [0.1, 0.15) is 0 Å². The maximum Gasteiger partial charge on any atom is 0.305 e.